The highest BCUT2D eigenvalue weighted by Crippen LogP contribution is 2.28. The second kappa shape index (κ2) is 10.4. The normalized spacial score (nSPS) is 32.0. The molecule has 3 N–H and O–H groups in total. The molecule has 0 bridgehead atoms. The summed E-state index contributed by atoms with van der Waals surface area (Å²) in [6.07, 6.45) is 1.80. The van der Waals surface area contributed by atoms with Crippen LogP contribution in [0, 0.1) is 11.8 Å². The molecule has 1 aromatic rings. The average Bonchev–Trinajstić information content (AvgIpc) is 3.40. The summed E-state index contributed by atoms with van der Waals surface area (Å²) in [5, 5.41) is 15.2. The first-order chi connectivity index (χ1) is 16.6. The summed E-state index contributed by atoms with van der Waals surface area (Å²) in [6.45, 7) is 7.24. The van der Waals surface area contributed by atoms with E-state index in [0.717, 1.165) is 24.9 Å². The molecule has 0 saturated carbocycles. The molecule has 4 fully saturated rings. The zero-order chi connectivity index (χ0) is 25.3. The Bertz CT molecular complexity index is 968. The van der Waals surface area contributed by atoms with Crippen molar-refractivity contribution in [3.63, 3.8) is 0 Å². The van der Waals surface area contributed by atoms with E-state index in [-0.39, 0.29) is 42.3 Å². The molecule has 0 aromatic heterocycles. The molecule has 4 aliphatic rings. The van der Waals surface area contributed by atoms with E-state index in [4.69, 9.17) is 0 Å². The van der Waals surface area contributed by atoms with Crippen LogP contribution in [0.4, 0.5) is 0 Å². The quantitative estimate of drug-likeness (QED) is 0.574. The molecule has 0 aliphatic carbocycles. The Labute approximate surface area is 206 Å². The van der Waals surface area contributed by atoms with Gasteiger partial charge in [-0.1, -0.05) is 51.1 Å². The number of benzene rings is 1. The van der Waals surface area contributed by atoms with Gasteiger partial charge < -0.3 is 25.5 Å². The van der Waals surface area contributed by atoms with Crippen molar-refractivity contribution in [3.8, 4) is 0 Å². The molecule has 9 nitrogen and oxygen atoms in total. The van der Waals surface area contributed by atoms with Gasteiger partial charge in [-0.05, 0) is 30.2 Å². The van der Waals surface area contributed by atoms with Gasteiger partial charge in [-0.2, -0.15) is 0 Å². The van der Waals surface area contributed by atoms with E-state index >= 15 is 0 Å². The Hall–Kier alpha value is -2.94. The van der Waals surface area contributed by atoms with E-state index < -0.39 is 18.2 Å². The molecule has 0 spiro atoms. The lowest BCUT2D eigenvalue weighted by molar-refractivity contribution is -0.147. The Morgan fingerprint density at radius 1 is 0.886 bits per heavy atom. The summed E-state index contributed by atoms with van der Waals surface area (Å²) in [5.41, 5.74) is 1.01. The van der Waals surface area contributed by atoms with Crippen LogP contribution in [0.15, 0.2) is 30.3 Å². The van der Waals surface area contributed by atoms with E-state index in [9.17, 15) is 24.3 Å². The van der Waals surface area contributed by atoms with Crippen molar-refractivity contribution < 1.29 is 24.3 Å². The van der Waals surface area contributed by atoms with Crippen molar-refractivity contribution in [1.82, 2.24) is 20.4 Å². The van der Waals surface area contributed by atoms with Crippen molar-refractivity contribution >= 4 is 23.6 Å². The molecule has 190 valence electrons. The van der Waals surface area contributed by atoms with Crippen LogP contribution in [-0.2, 0) is 25.6 Å². The SMILES string of the molecule is CC(C)C[C@@H]1NC(=O)[C@@H]2C[C@@H](C)CN2C1=O.O=C1N[C@@H](Cc2ccccc2)C(=O)N2C[C@H](O)C[C@@H]12. The van der Waals surface area contributed by atoms with Gasteiger partial charge in [-0.3, -0.25) is 19.2 Å². The highest BCUT2D eigenvalue weighted by atomic mass is 16.3. The summed E-state index contributed by atoms with van der Waals surface area (Å²) in [4.78, 5) is 51.5. The van der Waals surface area contributed by atoms with Crippen molar-refractivity contribution in [2.45, 2.75) is 76.7 Å². The average molecular weight is 485 g/mol. The van der Waals surface area contributed by atoms with E-state index in [2.05, 4.69) is 31.4 Å². The second-order valence-corrected chi connectivity index (χ2v) is 10.7. The molecule has 1 aromatic carbocycles. The first-order valence-electron chi connectivity index (χ1n) is 12.6. The third kappa shape index (κ3) is 5.50. The molecular weight excluding hydrogens is 448 g/mol. The van der Waals surface area contributed by atoms with Gasteiger partial charge in [-0.15, -0.1) is 0 Å². The molecule has 4 amide bonds. The number of fused-ring (bicyclic) bond motifs is 2. The van der Waals surface area contributed by atoms with Crippen molar-refractivity contribution in [2.24, 2.45) is 11.8 Å². The lowest BCUT2D eigenvalue weighted by Crippen LogP contribution is -2.61. The largest absolute Gasteiger partial charge is 0.391 e. The van der Waals surface area contributed by atoms with Gasteiger partial charge in [0.1, 0.15) is 24.2 Å². The van der Waals surface area contributed by atoms with Crippen LogP contribution in [0.5, 0.6) is 0 Å². The topological polar surface area (TPSA) is 119 Å². The highest BCUT2D eigenvalue weighted by Gasteiger charge is 2.46. The summed E-state index contributed by atoms with van der Waals surface area (Å²) in [5.74, 6) is 0.766. The van der Waals surface area contributed by atoms with Crippen LogP contribution < -0.4 is 10.6 Å². The maximum atomic E-state index is 12.3. The van der Waals surface area contributed by atoms with E-state index in [1.165, 1.54) is 4.90 Å². The van der Waals surface area contributed by atoms with Crippen LogP contribution in [0.25, 0.3) is 0 Å². The fraction of sp³-hybridized carbons (Fsp3) is 0.615. The zero-order valence-corrected chi connectivity index (χ0v) is 20.6. The Morgan fingerprint density at radius 3 is 2.11 bits per heavy atom. The summed E-state index contributed by atoms with van der Waals surface area (Å²) in [7, 11) is 0. The molecule has 5 rings (SSSR count). The predicted molar refractivity (Wildman–Crippen MR) is 129 cm³/mol. The summed E-state index contributed by atoms with van der Waals surface area (Å²) in [6, 6.07) is 8.09. The fourth-order valence-electron chi connectivity index (χ4n) is 5.52. The van der Waals surface area contributed by atoms with Gasteiger partial charge in [0.25, 0.3) is 0 Å². The molecule has 4 heterocycles. The third-order valence-corrected chi connectivity index (χ3v) is 7.18. The monoisotopic (exact) mass is 484 g/mol. The first-order valence-corrected chi connectivity index (χ1v) is 12.6. The number of nitrogens with one attached hydrogen (secondary N) is 2. The Balaban J connectivity index is 0.000000168. The molecule has 4 aliphatic heterocycles. The standard InChI is InChI=1S/C14H16N2O3.C12H20N2O2/c17-10-7-12-13(18)15-11(14(19)16(12)8-10)6-9-4-2-1-3-5-9;1-7(2)4-9-12(16)14-6-8(3)5-10(14)11(15)13-9/h1-5,10-12,17H,6-8H2,(H,15,18);7-10H,4-6H2,1-3H3,(H,13,15)/t10-,11+,12+;8-,9+,10+/m11/s1. The third-order valence-electron chi connectivity index (χ3n) is 7.18. The van der Waals surface area contributed by atoms with Crippen LogP contribution in [-0.4, -0.2) is 81.9 Å². The van der Waals surface area contributed by atoms with E-state index in [1.54, 1.807) is 4.90 Å². The number of carbonyl (C=O) groups is 4. The minimum atomic E-state index is -0.588. The minimum absolute atomic E-state index is 0.0367. The highest BCUT2D eigenvalue weighted by molar-refractivity contribution is 5.98. The number of hydrogen-bond donors (Lipinski definition) is 3. The number of nitrogens with zero attached hydrogens (tertiary/aromatic N) is 2. The zero-order valence-electron chi connectivity index (χ0n) is 20.6. The number of hydrogen-bond acceptors (Lipinski definition) is 5. The lowest BCUT2D eigenvalue weighted by Gasteiger charge is -2.35. The Morgan fingerprint density at radius 2 is 1.46 bits per heavy atom. The van der Waals surface area contributed by atoms with E-state index in [1.807, 2.05) is 30.3 Å². The molecule has 9 heteroatoms. The van der Waals surface area contributed by atoms with Gasteiger partial charge in [0.15, 0.2) is 0 Å². The summed E-state index contributed by atoms with van der Waals surface area (Å²) < 4.78 is 0. The summed E-state index contributed by atoms with van der Waals surface area (Å²) >= 11 is 0. The first kappa shape index (κ1) is 25.2. The molecule has 6 atom stereocenters. The number of carbonyl (C=O) groups excluding carboxylic acids is 4. The van der Waals surface area contributed by atoms with E-state index in [0.29, 0.717) is 24.7 Å². The molecule has 4 saturated heterocycles. The smallest absolute Gasteiger partial charge is 0.246 e. The second-order valence-electron chi connectivity index (χ2n) is 10.7. The van der Waals surface area contributed by atoms with Crippen molar-refractivity contribution in [1.29, 1.82) is 0 Å². The molecule has 0 radical (unpaired) electrons. The van der Waals surface area contributed by atoms with Gasteiger partial charge in [0, 0.05) is 25.9 Å². The number of amides is 4. The van der Waals surface area contributed by atoms with Crippen LogP contribution >= 0.6 is 0 Å². The minimum Gasteiger partial charge on any atom is -0.391 e. The van der Waals surface area contributed by atoms with Gasteiger partial charge >= 0.3 is 0 Å². The van der Waals surface area contributed by atoms with Gasteiger partial charge in [0.2, 0.25) is 23.6 Å². The van der Waals surface area contributed by atoms with Crippen LogP contribution in [0.3, 0.4) is 0 Å². The van der Waals surface area contributed by atoms with Crippen LogP contribution in [0.2, 0.25) is 0 Å². The van der Waals surface area contributed by atoms with Gasteiger partial charge in [0.05, 0.1) is 6.10 Å². The number of rotatable bonds is 4. The fourth-order valence-corrected chi connectivity index (χ4v) is 5.52. The molecular formula is C26H36N4O5. The maximum Gasteiger partial charge on any atom is 0.246 e. The maximum absolute atomic E-state index is 12.3. The Kier molecular flexibility index (Phi) is 7.44. The number of aliphatic hydroxyl groups is 1. The lowest BCUT2D eigenvalue weighted by atomic mass is 9.99. The number of piperazine rings is 2. The van der Waals surface area contributed by atoms with Gasteiger partial charge in [-0.25, -0.2) is 0 Å². The van der Waals surface area contributed by atoms with Crippen molar-refractivity contribution in [2.75, 3.05) is 13.1 Å². The molecule has 35 heavy (non-hydrogen) atoms. The van der Waals surface area contributed by atoms with Crippen LogP contribution in [0.1, 0.15) is 45.6 Å². The molecule has 0 unspecified atom stereocenters. The predicted octanol–water partition coefficient (Wildman–Crippen LogP) is 0.457. The number of aliphatic hydroxyl groups excluding tert-OH is 1. The van der Waals surface area contributed by atoms with Crippen molar-refractivity contribution in [3.05, 3.63) is 35.9 Å².